The molecule has 128 valence electrons. The quantitative estimate of drug-likeness (QED) is 0.684. The van der Waals surface area contributed by atoms with Crippen LogP contribution in [0.5, 0.6) is 0 Å². The first-order valence-corrected chi connectivity index (χ1v) is 10.4. The zero-order valence-electron chi connectivity index (χ0n) is 13.2. The fraction of sp³-hybridized carbons (Fsp3) is 0.235. The van der Waals surface area contributed by atoms with Crippen molar-refractivity contribution in [1.29, 1.82) is 0 Å². The second kappa shape index (κ2) is 7.96. The summed E-state index contributed by atoms with van der Waals surface area (Å²) in [6.45, 7) is 4.52. The van der Waals surface area contributed by atoms with Crippen LogP contribution in [-0.4, -0.2) is 32.0 Å². The van der Waals surface area contributed by atoms with Gasteiger partial charge in [-0.2, -0.15) is 0 Å². The standard InChI is InChI=1S/C17H18ClNO3S2/c1-3-9-19(11-15-7-8-16(18)23-15)17(20)14-6-4-5-13(10-14)12-24(2,21)22/h3-8,10H,1,9,11-12H2,2H3. The summed E-state index contributed by atoms with van der Waals surface area (Å²) in [7, 11) is -3.15. The van der Waals surface area contributed by atoms with Crippen LogP contribution in [0.4, 0.5) is 0 Å². The predicted octanol–water partition coefficient (Wildman–Crippen LogP) is 3.77. The number of halogens is 1. The van der Waals surface area contributed by atoms with E-state index < -0.39 is 9.84 Å². The first-order chi connectivity index (χ1) is 11.3. The van der Waals surface area contributed by atoms with Gasteiger partial charge in [0.25, 0.3) is 5.91 Å². The Labute approximate surface area is 151 Å². The van der Waals surface area contributed by atoms with Gasteiger partial charge in [-0.15, -0.1) is 17.9 Å². The minimum absolute atomic E-state index is 0.0872. The van der Waals surface area contributed by atoms with Crippen LogP contribution >= 0.6 is 22.9 Å². The molecule has 0 N–H and O–H groups in total. The summed E-state index contributed by atoms with van der Waals surface area (Å²) in [5, 5.41) is 0. The van der Waals surface area contributed by atoms with Gasteiger partial charge in [0, 0.05) is 23.2 Å². The molecule has 7 heteroatoms. The molecule has 0 atom stereocenters. The van der Waals surface area contributed by atoms with Crippen molar-refractivity contribution in [1.82, 2.24) is 4.90 Å². The minimum Gasteiger partial charge on any atom is -0.330 e. The molecule has 0 radical (unpaired) electrons. The van der Waals surface area contributed by atoms with Crippen LogP contribution < -0.4 is 0 Å². The van der Waals surface area contributed by atoms with Crippen LogP contribution in [0, 0.1) is 0 Å². The highest BCUT2D eigenvalue weighted by Gasteiger charge is 2.17. The van der Waals surface area contributed by atoms with Crippen LogP contribution in [0.3, 0.4) is 0 Å². The van der Waals surface area contributed by atoms with Gasteiger partial charge < -0.3 is 4.90 Å². The number of sulfone groups is 1. The van der Waals surface area contributed by atoms with Crippen molar-refractivity contribution >= 4 is 38.7 Å². The maximum absolute atomic E-state index is 12.8. The lowest BCUT2D eigenvalue weighted by Crippen LogP contribution is -2.30. The molecule has 0 spiro atoms. The molecule has 0 aliphatic rings. The van der Waals surface area contributed by atoms with Crippen LogP contribution in [0.1, 0.15) is 20.8 Å². The van der Waals surface area contributed by atoms with Gasteiger partial charge in [-0.25, -0.2) is 8.42 Å². The van der Waals surface area contributed by atoms with E-state index in [0.717, 1.165) is 4.88 Å². The molecular formula is C17H18ClNO3S2. The van der Waals surface area contributed by atoms with Crippen molar-refractivity contribution in [2.45, 2.75) is 12.3 Å². The summed E-state index contributed by atoms with van der Waals surface area (Å²) in [4.78, 5) is 15.4. The molecule has 24 heavy (non-hydrogen) atoms. The van der Waals surface area contributed by atoms with E-state index in [2.05, 4.69) is 6.58 Å². The number of nitrogens with zero attached hydrogens (tertiary/aromatic N) is 1. The third kappa shape index (κ3) is 5.47. The summed E-state index contributed by atoms with van der Waals surface area (Å²) in [6.07, 6.45) is 2.83. The second-order valence-electron chi connectivity index (χ2n) is 5.45. The van der Waals surface area contributed by atoms with Gasteiger partial charge in [0.2, 0.25) is 0 Å². The van der Waals surface area contributed by atoms with Gasteiger partial charge in [0.1, 0.15) is 0 Å². The first-order valence-electron chi connectivity index (χ1n) is 7.19. The van der Waals surface area contributed by atoms with Gasteiger partial charge in [-0.3, -0.25) is 4.79 Å². The molecular weight excluding hydrogens is 366 g/mol. The molecule has 2 aromatic rings. The Bertz CT molecular complexity index is 843. The largest absolute Gasteiger partial charge is 0.330 e. The SMILES string of the molecule is C=CCN(Cc1ccc(Cl)s1)C(=O)c1cccc(CS(C)(=O)=O)c1. The lowest BCUT2D eigenvalue weighted by atomic mass is 10.1. The number of benzene rings is 1. The number of rotatable bonds is 7. The molecule has 0 saturated carbocycles. The van der Waals surface area contributed by atoms with Gasteiger partial charge >= 0.3 is 0 Å². The summed E-state index contributed by atoms with van der Waals surface area (Å²) in [6, 6.07) is 10.4. The highest BCUT2D eigenvalue weighted by Crippen LogP contribution is 2.23. The molecule has 0 bridgehead atoms. The maximum atomic E-state index is 12.8. The van der Waals surface area contributed by atoms with E-state index >= 15 is 0 Å². The van der Waals surface area contributed by atoms with Gasteiger partial charge in [-0.05, 0) is 29.8 Å². The smallest absolute Gasteiger partial charge is 0.254 e. The fourth-order valence-electron chi connectivity index (χ4n) is 2.28. The summed E-state index contributed by atoms with van der Waals surface area (Å²) in [5.41, 5.74) is 1.06. The average molecular weight is 384 g/mol. The van der Waals surface area contributed by atoms with Gasteiger partial charge in [0.15, 0.2) is 9.84 Å². The molecule has 4 nitrogen and oxygen atoms in total. The number of hydrogen-bond acceptors (Lipinski definition) is 4. The zero-order valence-corrected chi connectivity index (χ0v) is 15.6. The lowest BCUT2D eigenvalue weighted by Gasteiger charge is -2.20. The summed E-state index contributed by atoms with van der Waals surface area (Å²) in [5.74, 6) is -0.259. The summed E-state index contributed by atoms with van der Waals surface area (Å²) >= 11 is 7.36. The number of thiophene rings is 1. The predicted molar refractivity (Wildman–Crippen MR) is 99.3 cm³/mol. The third-order valence-electron chi connectivity index (χ3n) is 3.22. The zero-order chi connectivity index (χ0) is 17.7. The number of carbonyl (C=O) groups excluding carboxylic acids is 1. The van der Waals surface area contributed by atoms with Gasteiger partial charge in [0.05, 0.1) is 16.6 Å². The van der Waals surface area contributed by atoms with Gasteiger partial charge in [-0.1, -0.05) is 29.8 Å². The van der Waals surface area contributed by atoms with E-state index in [0.29, 0.717) is 28.6 Å². The van der Waals surface area contributed by atoms with Crippen molar-refractivity contribution in [3.05, 3.63) is 69.4 Å². The molecule has 1 amide bonds. The lowest BCUT2D eigenvalue weighted by molar-refractivity contribution is 0.0764. The van der Waals surface area contributed by atoms with Crippen LogP contribution in [0.15, 0.2) is 49.1 Å². The van der Waals surface area contributed by atoms with Crippen molar-refractivity contribution in [3.63, 3.8) is 0 Å². The van der Waals surface area contributed by atoms with Crippen molar-refractivity contribution in [2.75, 3.05) is 12.8 Å². The monoisotopic (exact) mass is 383 g/mol. The molecule has 1 heterocycles. The number of carbonyl (C=O) groups is 1. The van der Waals surface area contributed by atoms with E-state index in [4.69, 9.17) is 11.6 Å². The Morgan fingerprint density at radius 1 is 1.33 bits per heavy atom. The van der Waals surface area contributed by atoms with E-state index in [1.807, 2.05) is 6.07 Å². The molecule has 1 aromatic carbocycles. The van der Waals surface area contributed by atoms with E-state index in [1.54, 1.807) is 41.3 Å². The molecule has 2 rings (SSSR count). The Hall–Kier alpha value is -1.63. The van der Waals surface area contributed by atoms with E-state index in [-0.39, 0.29) is 11.7 Å². The molecule has 0 fully saturated rings. The Morgan fingerprint density at radius 3 is 2.67 bits per heavy atom. The van der Waals surface area contributed by atoms with Crippen LogP contribution in [0.2, 0.25) is 4.34 Å². The number of hydrogen-bond donors (Lipinski definition) is 0. The van der Waals surface area contributed by atoms with E-state index in [1.165, 1.54) is 17.6 Å². The normalized spacial score (nSPS) is 11.2. The Balaban J connectivity index is 2.22. The Morgan fingerprint density at radius 2 is 2.08 bits per heavy atom. The van der Waals surface area contributed by atoms with Crippen LogP contribution in [-0.2, 0) is 22.1 Å². The second-order valence-corrected chi connectivity index (χ2v) is 9.39. The molecule has 0 saturated heterocycles. The topological polar surface area (TPSA) is 54.5 Å². The van der Waals surface area contributed by atoms with Crippen molar-refractivity contribution in [2.24, 2.45) is 0 Å². The third-order valence-corrected chi connectivity index (χ3v) is 5.29. The Kier molecular flexibility index (Phi) is 6.21. The minimum atomic E-state index is -3.15. The molecule has 0 unspecified atom stereocenters. The first kappa shape index (κ1) is 18.7. The number of amides is 1. The fourth-order valence-corrected chi connectivity index (χ4v) is 4.17. The molecule has 0 aliphatic carbocycles. The van der Waals surface area contributed by atoms with Crippen LogP contribution in [0.25, 0.3) is 0 Å². The highest BCUT2D eigenvalue weighted by atomic mass is 35.5. The van der Waals surface area contributed by atoms with Crippen molar-refractivity contribution < 1.29 is 13.2 Å². The molecule has 1 aromatic heterocycles. The maximum Gasteiger partial charge on any atom is 0.254 e. The van der Waals surface area contributed by atoms with Crippen molar-refractivity contribution in [3.8, 4) is 0 Å². The average Bonchev–Trinajstić information content (AvgIpc) is 2.90. The summed E-state index contributed by atoms with van der Waals surface area (Å²) < 4.78 is 23.6. The highest BCUT2D eigenvalue weighted by molar-refractivity contribution is 7.89. The van der Waals surface area contributed by atoms with E-state index in [9.17, 15) is 13.2 Å². The molecule has 0 aliphatic heterocycles.